The minimum atomic E-state index is -0.201. The lowest BCUT2D eigenvalue weighted by atomic mass is 10.2. The Labute approximate surface area is 165 Å². The van der Waals surface area contributed by atoms with Crippen LogP contribution in [0.4, 0.5) is 0 Å². The number of fused-ring (bicyclic) bond motifs is 1. The maximum Gasteiger partial charge on any atom is 0.262 e. The van der Waals surface area contributed by atoms with Crippen LogP contribution in [0.2, 0.25) is 5.02 Å². The fourth-order valence-corrected chi connectivity index (χ4v) is 3.00. The van der Waals surface area contributed by atoms with Crippen molar-refractivity contribution in [3.8, 4) is 5.75 Å². The summed E-state index contributed by atoms with van der Waals surface area (Å²) in [4.78, 5) is 27.5. The summed E-state index contributed by atoms with van der Waals surface area (Å²) in [6, 6.07) is 14.1. The van der Waals surface area contributed by atoms with Crippen LogP contribution in [0.25, 0.3) is 10.9 Å². The van der Waals surface area contributed by atoms with Crippen LogP contribution in [0, 0.1) is 4.77 Å². The molecule has 2 N–H and O–H groups in total. The van der Waals surface area contributed by atoms with Crippen molar-refractivity contribution in [2.75, 3.05) is 13.2 Å². The molecule has 140 valence electrons. The average molecular weight is 404 g/mol. The molecule has 0 aliphatic rings. The number of hydrogen-bond acceptors (Lipinski definition) is 4. The quantitative estimate of drug-likeness (QED) is 0.469. The van der Waals surface area contributed by atoms with E-state index in [9.17, 15) is 9.59 Å². The molecule has 6 nitrogen and oxygen atoms in total. The maximum atomic E-state index is 12.5. The van der Waals surface area contributed by atoms with Gasteiger partial charge in [-0.2, -0.15) is 0 Å². The van der Waals surface area contributed by atoms with Crippen molar-refractivity contribution in [2.24, 2.45) is 0 Å². The number of aromatic nitrogens is 2. The molecular formula is C19H18ClN3O3S. The van der Waals surface area contributed by atoms with E-state index >= 15 is 0 Å². The highest BCUT2D eigenvalue weighted by Gasteiger charge is 2.07. The van der Waals surface area contributed by atoms with Crippen molar-refractivity contribution in [1.82, 2.24) is 14.9 Å². The van der Waals surface area contributed by atoms with Crippen LogP contribution in [0.3, 0.4) is 0 Å². The summed E-state index contributed by atoms with van der Waals surface area (Å²) in [5.74, 6) is 0.506. The molecule has 0 saturated heterocycles. The number of nitrogens with one attached hydrogen (secondary N) is 2. The van der Waals surface area contributed by atoms with E-state index in [0.717, 1.165) is 0 Å². The van der Waals surface area contributed by atoms with Gasteiger partial charge in [0.1, 0.15) is 12.4 Å². The van der Waals surface area contributed by atoms with Gasteiger partial charge >= 0.3 is 0 Å². The van der Waals surface area contributed by atoms with Crippen LogP contribution >= 0.6 is 23.8 Å². The first-order valence-electron chi connectivity index (χ1n) is 8.41. The first-order chi connectivity index (χ1) is 13.0. The first kappa shape index (κ1) is 19.1. The van der Waals surface area contributed by atoms with Crippen molar-refractivity contribution >= 4 is 40.6 Å². The molecule has 0 fully saturated rings. The summed E-state index contributed by atoms with van der Waals surface area (Å²) in [6.07, 6.45) is 0.149. The summed E-state index contributed by atoms with van der Waals surface area (Å²) < 4.78 is 7.22. The first-order valence-corrected chi connectivity index (χ1v) is 9.20. The van der Waals surface area contributed by atoms with Gasteiger partial charge in [-0.25, -0.2) is 0 Å². The summed E-state index contributed by atoms with van der Waals surface area (Å²) in [7, 11) is 0. The molecule has 1 amide bonds. The Morgan fingerprint density at radius 1 is 1.19 bits per heavy atom. The highest BCUT2D eigenvalue weighted by Crippen LogP contribution is 2.15. The number of benzene rings is 2. The van der Waals surface area contributed by atoms with E-state index in [1.165, 1.54) is 4.57 Å². The van der Waals surface area contributed by atoms with Gasteiger partial charge in [-0.3, -0.25) is 14.2 Å². The molecule has 1 aromatic heterocycles. The van der Waals surface area contributed by atoms with Crippen molar-refractivity contribution in [2.45, 2.75) is 13.0 Å². The molecule has 27 heavy (non-hydrogen) atoms. The number of nitrogens with zero attached hydrogens (tertiary/aromatic N) is 1. The third-order valence-corrected chi connectivity index (χ3v) is 4.53. The van der Waals surface area contributed by atoms with Gasteiger partial charge in [0.15, 0.2) is 4.77 Å². The Balaban J connectivity index is 1.50. The fourth-order valence-electron chi connectivity index (χ4n) is 2.59. The number of rotatable bonds is 7. The second-order valence-corrected chi connectivity index (χ2v) is 6.66. The topological polar surface area (TPSA) is 76.1 Å². The van der Waals surface area contributed by atoms with Crippen molar-refractivity contribution in [1.29, 1.82) is 0 Å². The van der Waals surface area contributed by atoms with E-state index in [1.807, 2.05) is 6.07 Å². The van der Waals surface area contributed by atoms with Crippen molar-refractivity contribution in [3.63, 3.8) is 0 Å². The van der Waals surface area contributed by atoms with Gasteiger partial charge in [0.05, 0.1) is 17.4 Å². The van der Waals surface area contributed by atoms with Crippen LogP contribution in [0.1, 0.15) is 6.42 Å². The second kappa shape index (κ2) is 8.83. The predicted octanol–water partition coefficient (Wildman–Crippen LogP) is 3.30. The van der Waals surface area contributed by atoms with Crippen molar-refractivity contribution < 1.29 is 9.53 Å². The van der Waals surface area contributed by atoms with Gasteiger partial charge in [-0.1, -0.05) is 23.7 Å². The zero-order valence-corrected chi connectivity index (χ0v) is 16.0. The Kier molecular flexibility index (Phi) is 6.26. The Morgan fingerprint density at radius 3 is 2.70 bits per heavy atom. The van der Waals surface area contributed by atoms with Gasteiger partial charge in [0, 0.05) is 18.0 Å². The van der Waals surface area contributed by atoms with Gasteiger partial charge in [0.2, 0.25) is 5.91 Å². The monoisotopic (exact) mass is 403 g/mol. The highest BCUT2D eigenvalue weighted by atomic mass is 35.5. The minimum absolute atomic E-state index is 0.149. The number of aromatic amines is 1. The summed E-state index contributed by atoms with van der Waals surface area (Å²) in [5.41, 5.74) is 0.487. The van der Waals surface area contributed by atoms with E-state index in [-0.39, 0.29) is 24.4 Å². The lowest BCUT2D eigenvalue weighted by Crippen LogP contribution is -2.30. The number of halogens is 1. The number of para-hydroxylation sites is 1. The molecule has 1 heterocycles. The minimum Gasteiger partial charge on any atom is -0.492 e. The van der Waals surface area contributed by atoms with Gasteiger partial charge in [0.25, 0.3) is 5.56 Å². The third kappa shape index (κ3) is 4.96. The number of ether oxygens (including phenoxy) is 1. The normalized spacial score (nSPS) is 10.7. The number of amides is 1. The molecule has 8 heteroatoms. The van der Waals surface area contributed by atoms with E-state index in [0.29, 0.717) is 39.6 Å². The standard InChI is InChI=1S/C19H18ClN3O3S/c20-13-5-7-14(8-6-13)26-12-10-21-17(24)9-11-23-18(25)15-3-1-2-4-16(15)22-19(23)27/h1-8H,9-12H2,(H,21,24)(H,22,27). The van der Waals surface area contributed by atoms with Gasteiger partial charge in [-0.05, 0) is 48.6 Å². The second-order valence-electron chi connectivity index (χ2n) is 5.83. The Bertz CT molecular complexity index is 1060. The predicted molar refractivity (Wildman–Crippen MR) is 108 cm³/mol. The molecule has 0 aliphatic heterocycles. The molecule has 0 aliphatic carbocycles. The van der Waals surface area contributed by atoms with Gasteiger partial charge < -0.3 is 15.0 Å². The molecule has 0 bridgehead atoms. The molecule has 2 aromatic carbocycles. The third-order valence-electron chi connectivity index (χ3n) is 3.96. The number of carbonyl (C=O) groups is 1. The van der Waals surface area contributed by atoms with E-state index in [2.05, 4.69) is 10.3 Å². The molecular weight excluding hydrogens is 386 g/mol. The van der Waals surface area contributed by atoms with Crippen LogP contribution in [-0.2, 0) is 11.3 Å². The molecule has 0 atom stereocenters. The maximum absolute atomic E-state index is 12.5. The number of hydrogen-bond donors (Lipinski definition) is 2. The molecule has 3 aromatic rings. The van der Waals surface area contributed by atoms with Crippen molar-refractivity contribution in [3.05, 3.63) is 68.7 Å². The Morgan fingerprint density at radius 2 is 1.93 bits per heavy atom. The molecule has 0 spiro atoms. The molecule has 0 unspecified atom stereocenters. The summed E-state index contributed by atoms with van der Waals surface area (Å²) in [5, 5.41) is 3.94. The Hall–Kier alpha value is -2.64. The fraction of sp³-hybridized carbons (Fsp3) is 0.211. The van der Waals surface area contributed by atoms with Crippen LogP contribution in [-0.4, -0.2) is 28.6 Å². The lowest BCUT2D eigenvalue weighted by Gasteiger charge is -2.09. The zero-order chi connectivity index (χ0) is 19.2. The number of carbonyl (C=O) groups excluding carboxylic acids is 1. The lowest BCUT2D eigenvalue weighted by molar-refractivity contribution is -0.121. The van der Waals surface area contributed by atoms with Crippen LogP contribution in [0.15, 0.2) is 53.3 Å². The SMILES string of the molecule is O=C(CCn1c(=S)[nH]c2ccccc2c1=O)NCCOc1ccc(Cl)cc1. The molecule has 0 radical (unpaired) electrons. The molecule has 0 saturated carbocycles. The zero-order valence-electron chi connectivity index (χ0n) is 14.4. The molecule has 3 rings (SSSR count). The average Bonchev–Trinajstić information content (AvgIpc) is 2.66. The summed E-state index contributed by atoms with van der Waals surface area (Å²) >= 11 is 11.0. The van der Waals surface area contributed by atoms with E-state index < -0.39 is 0 Å². The summed E-state index contributed by atoms with van der Waals surface area (Å²) in [6.45, 7) is 0.910. The number of H-pyrrole nitrogens is 1. The smallest absolute Gasteiger partial charge is 0.262 e. The van der Waals surface area contributed by atoms with E-state index in [4.69, 9.17) is 28.6 Å². The highest BCUT2D eigenvalue weighted by molar-refractivity contribution is 7.71. The van der Waals surface area contributed by atoms with Crippen LogP contribution in [0.5, 0.6) is 5.75 Å². The van der Waals surface area contributed by atoms with Gasteiger partial charge in [-0.15, -0.1) is 0 Å². The largest absolute Gasteiger partial charge is 0.492 e. The van der Waals surface area contributed by atoms with E-state index in [1.54, 1.807) is 42.5 Å². The van der Waals surface area contributed by atoms with Crippen LogP contribution < -0.4 is 15.6 Å².